The summed E-state index contributed by atoms with van der Waals surface area (Å²) in [5.74, 6) is 0.0844. The molecule has 84 valence electrons. The molecule has 0 heterocycles. The van der Waals surface area contributed by atoms with Crippen LogP contribution in [-0.2, 0) is 11.2 Å². The summed E-state index contributed by atoms with van der Waals surface area (Å²) in [4.78, 5) is 11.3. The number of benzene rings is 1. The van der Waals surface area contributed by atoms with Gasteiger partial charge >= 0.3 is 0 Å². The molecule has 1 aromatic carbocycles. The fourth-order valence-electron chi connectivity index (χ4n) is 1.15. The van der Waals surface area contributed by atoms with Gasteiger partial charge in [0.15, 0.2) is 0 Å². The van der Waals surface area contributed by atoms with E-state index in [2.05, 4.69) is 5.32 Å². The molecule has 0 aliphatic heterocycles. The molecule has 1 N–H and O–H groups in total. The standard InChI is InChI=1S/C11H15NO.C2H6/c1-9(2)12-11(13)8-10-6-4-3-5-7-10;1-2/h3-7,9H,8H2,1-2H3,(H,12,13);1-2H3. The van der Waals surface area contributed by atoms with Crippen LogP contribution in [0.3, 0.4) is 0 Å². The molecule has 0 aliphatic carbocycles. The molecule has 1 aromatic rings. The topological polar surface area (TPSA) is 29.1 Å². The van der Waals surface area contributed by atoms with Crippen LogP contribution in [0.2, 0.25) is 0 Å². The molecule has 0 saturated carbocycles. The maximum Gasteiger partial charge on any atom is 0.224 e. The van der Waals surface area contributed by atoms with E-state index >= 15 is 0 Å². The van der Waals surface area contributed by atoms with Crippen LogP contribution < -0.4 is 5.32 Å². The van der Waals surface area contributed by atoms with Crippen molar-refractivity contribution in [2.45, 2.75) is 40.2 Å². The van der Waals surface area contributed by atoms with E-state index in [9.17, 15) is 4.79 Å². The summed E-state index contributed by atoms with van der Waals surface area (Å²) in [6.07, 6.45) is 0.471. The summed E-state index contributed by atoms with van der Waals surface area (Å²) in [6, 6.07) is 9.97. The fraction of sp³-hybridized carbons (Fsp3) is 0.462. The lowest BCUT2D eigenvalue weighted by molar-refractivity contribution is -0.120. The number of hydrogen-bond donors (Lipinski definition) is 1. The van der Waals surface area contributed by atoms with Gasteiger partial charge in [0, 0.05) is 6.04 Å². The molecule has 0 aliphatic rings. The fourth-order valence-corrected chi connectivity index (χ4v) is 1.15. The van der Waals surface area contributed by atoms with Crippen LogP contribution in [0.15, 0.2) is 30.3 Å². The molecule has 15 heavy (non-hydrogen) atoms. The van der Waals surface area contributed by atoms with Crippen molar-refractivity contribution < 1.29 is 4.79 Å². The Kier molecular flexibility index (Phi) is 7.33. The molecule has 0 fully saturated rings. The quantitative estimate of drug-likeness (QED) is 0.811. The Morgan fingerprint density at radius 2 is 1.73 bits per heavy atom. The first-order valence-corrected chi connectivity index (χ1v) is 5.52. The predicted molar refractivity (Wildman–Crippen MR) is 64.8 cm³/mol. The Morgan fingerprint density at radius 3 is 2.20 bits per heavy atom. The molecule has 1 rings (SSSR count). The van der Waals surface area contributed by atoms with Crippen LogP contribution in [0.1, 0.15) is 33.3 Å². The average Bonchev–Trinajstić information content (AvgIpc) is 2.21. The van der Waals surface area contributed by atoms with Crippen molar-refractivity contribution in [2.24, 2.45) is 0 Å². The van der Waals surface area contributed by atoms with Crippen LogP contribution in [-0.4, -0.2) is 11.9 Å². The van der Waals surface area contributed by atoms with E-state index in [1.165, 1.54) is 0 Å². The van der Waals surface area contributed by atoms with Crippen LogP contribution in [0.4, 0.5) is 0 Å². The van der Waals surface area contributed by atoms with E-state index in [1.54, 1.807) is 0 Å². The van der Waals surface area contributed by atoms with E-state index in [-0.39, 0.29) is 11.9 Å². The molecule has 2 heteroatoms. The number of carbonyl (C=O) groups is 1. The molecule has 0 spiro atoms. The highest BCUT2D eigenvalue weighted by Gasteiger charge is 2.03. The first kappa shape index (κ1) is 13.7. The Bertz CT molecular complexity index is 267. The van der Waals surface area contributed by atoms with Crippen molar-refractivity contribution in [3.63, 3.8) is 0 Å². The minimum absolute atomic E-state index is 0.0844. The lowest BCUT2D eigenvalue weighted by Crippen LogP contribution is -2.31. The van der Waals surface area contributed by atoms with Crippen LogP contribution in [0.5, 0.6) is 0 Å². The highest BCUT2D eigenvalue weighted by Crippen LogP contribution is 1.99. The third-order valence-corrected chi connectivity index (χ3v) is 1.66. The zero-order valence-electron chi connectivity index (χ0n) is 10.1. The molecule has 0 bridgehead atoms. The SMILES string of the molecule is CC.CC(C)NC(=O)Cc1ccccc1. The van der Waals surface area contributed by atoms with Crippen LogP contribution >= 0.6 is 0 Å². The zero-order chi connectivity index (χ0) is 11.7. The second-order valence-electron chi connectivity index (χ2n) is 3.38. The molecule has 0 unspecified atom stereocenters. The van der Waals surface area contributed by atoms with Gasteiger partial charge in [0.05, 0.1) is 6.42 Å². The van der Waals surface area contributed by atoms with Crippen molar-refractivity contribution in [1.29, 1.82) is 0 Å². The van der Waals surface area contributed by atoms with Gasteiger partial charge in [-0.1, -0.05) is 44.2 Å². The molecule has 2 nitrogen and oxygen atoms in total. The highest BCUT2D eigenvalue weighted by molar-refractivity contribution is 5.78. The number of hydrogen-bond acceptors (Lipinski definition) is 1. The Morgan fingerprint density at radius 1 is 1.20 bits per heavy atom. The van der Waals surface area contributed by atoms with Crippen molar-refractivity contribution in [1.82, 2.24) is 5.32 Å². The van der Waals surface area contributed by atoms with Crippen molar-refractivity contribution >= 4 is 5.91 Å². The monoisotopic (exact) mass is 207 g/mol. The summed E-state index contributed by atoms with van der Waals surface area (Å²) < 4.78 is 0. The van der Waals surface area contributed by atoms with Gasteiger partial charge in [-0.3, -0.25) is 4.79 Å². The van der Waals surface area contributed by atoms with Crippen LogP contribution in [0, 0.1) is 0 Å². The van der Waals surface area contributed by atoms with Gasteiger partial charge in [0.1, 0.15) is 0 Å². The van der Waals surface area contributed by atoms with Gasteiger partial charge < -0.3 is 5.32 Å². The van der Waals surface area contributed by atoms with Gasteiger partial charge in [-0.25, -0.2) is 0 Å². The molecule has 1 amide bonds. The predicted octanol–water partition coefficient (Wildman–Crippen LogP) is 2.78. The minimum Gasteiger partial charge on any atom is -0.354 e. The molecule has 0 saturated heterocycles. The summed E-state index contributed by atoms with van der Waals surface area (Å²) in [6.45, 7) is 7.92. The third kappa shape index (κ3) is 6.72. The van der Waals surface area contributed by atoms with Crippen LogP contribution in [0.25, 0.3) is 0 Å². The molecular formula is C13H21NO. The van der Waals surface area contributed by atoms with E-state index in [0.29, 0.717) is 6.42 Å². The summed E-state index contributed by atoms with van der Waals surface area (Å²) in [5, 5.41) is 2.85. The zero-order valence-corrected chi connectivity index (χ0v) is 10.1. The largest absolute Gasteiger partial charge is 0.354 e. The van der Waals surface area contributed by atoms with Gasteiger partial charge in [-0.05, 0) is 19.4 Å². The minimum atomic E-state index is 0.0844. The first-order chi connectivity index (χ1) is 7.18. The lowest BCUT2D eigenvalue weighted by Gasteiger charge is -2.07. The van der Waals surface area contributed by atoms with E-state index in [1.807, 2.05) is 58.0 Å². The first-order valence-electron chi connectivity index (χ1n) is 5.52. The number of amides is 1. The maximum absolute atomic E-state index is 11.3. The van der Waals surface area contributed by atoms with E-state index in [4.69, 9.17) is 0 Å². The lowest BCUT2D eigenvalue weighted by atomic mass is 10.1. The number of rotatable bonds is 3. The van der Waals surface area contributed by atoms with Gasteiger partial charge in [-0.2, -0.15) is 0 Å². The molecular weight excluding hydrogens is 186 g/mol. The molecule has 0 aromatic heterocycles. The van der Waals surface area contributed by atoms with Crippen molar-refractivity contribution in [3.8, 4) is 0 Å². The summed E-state index contributed by atoms with van der Waals surface area (Å²) in [7, 11) is 0. The number of carbonyl (C=O) groups excluding carboxylic acids is 1. The van der Waals surface area contributed by atoms with E-state index in [0.717, 1.165) is 5.56 Å². The Balaban J connectivity index is 0.000000921. The van der Waals surface area contributed by atoms with Gasteiger partial charge in [0.25, 0.3) is 0 Å². The van der Waals surface area contributed by atoms with Gasteiger partial charge in [-0.15, -0.1) is 0 Å². The highest BCUT2D eigenvalue weighted by atomic mass is 16.1. The number of nitrogens with one attached hydrogen (secondary N) is 1. The smallest absolute Gasteiger partial charge is 0.224 e. The normalized spacial score (nSPS) is 9.13. The Labute approximate surface area is 92.7 Å². The van der Waals surface area contributed by atoms with Crippen molar-refractivity contribution in [3.05, 3.63) is 35.9 Å². The van der Waals surface area contributed by atoms with Crippen molar-refractivity contribution in [2.75, 3.05) is 0 Å². The summed E-state index contributed by atoms with van der Waals surface area (Å²) in [5.41, 5.74) is 1.06. The third-order valence-electron chi connectivity index (χ3n) is 1.66. The van der Waals surface area contributed by atoms with Gasteiger partial charge in [0.2, 0.25) is 5.91 Å². The maximum atomic E-state index is 11.3. The second kappa shape index (κ2) is 8.04. The summed E-state index contributed by atoms with van der Waals surface area (Å²) >= 11 is 0. The Hall–Kier alpha value is -1.31. The molecule has 0 atom stereocenters. The molecule has 0 radical (unpaired) electrons. The van der Waals surface area contributed by atoms with E-state index < -0.39 is 0 Å². The second-order valence-corrected chi connectivity index (χ2v) is 3.38. The average molecular weight is 207 g/mol.